The average molecular weight is 266 g/mol. The van der Waals surface area contributed by atoms with Gasteiger partial charge in [-0.25, -0.2) is 0 Å². The Morgan fingerprint density at radius 3 is 2.00 bits per heavy atom. The highest BCUT2D eigenvalue weighted by molar-refractivity contribution is 5.82. The molecule has 1 amide bonds. The van der Waals surface area contributed by atoms with Crippen LogP contribution < -0.4 is 10.6 Å². The van der Waals surface area contributed by atoms with E-state index in [1.54, 1.807) is 0 Å². The Hall–Kier alpha value is -0.570. The molecule has 2 aliphatic carbocycles. The molecule has 3 nitrogen and oxygen atoms in total. The Balaban J connectivity index is 1.76. The van der Waals surface area contributed by atoms with Crippen LogP contribution in [0.3, 0.4) is 0 Å². The minimum absolute atomic E-state index is 0.0185. The molecule has 0 saturated heterocycles. The molecule has 2 N–H and O–H groups in total. The number of hydrogen-bond donors (Lipinski definition) is 2. The van der Waals surface area contributed by atoms with E-state index in [0.29, 0.717) is 12.1 Å². The van der Waals surface area contributed by atoms with E-state index < -0.39 is 0 Å². The summed E-state index contributed by atoms with van der Waals surface area (Å²) < 4.78 is 0. The Bertz CT molecular complexity index is 268. The number of rotatable bonds is 5. The molecule has 0 aromatic rings. The first kappa shape index (κ1) is 14.8. The number of amides is 1. The third-order valence-corrected chi connectivity index (χ3v) is 4.72. The molecule has 2 fully saturated rings. The van der Waals surface area contributed by atoms with Gasteiger partial charge in [0.15, 0.2) is 0 Å². The second-order valence-electron chi connectivity index (χ2n) is 6.31. The van der Waals surface area contributed by atoms with E-state index in [4.69, 9.17) is 0 Å². The lowest BCUT2D eigenvalue weighted by atomic mass is 9.93. The highest BCUT2D eigenvalue weighted by atomic mass is 16.2. The van der Waals surface area contributed by atoms with E-state index >= 15 is 0 Å². The lowest BCUT2D eigenvalue weighted by Gasteiger charge is -2.29. The lowest BCUT2D eigenvalue weighted by molar-refractivity contribution is -0.124. The minimum atomic E-state index is 0.0185. The molecular formula is C16H30N2O. The highest BCUT2D eigenvalue weighted by Crippen LogP contribution is 2.19. The second kappa shape index (κ2) is 7.88. The van der Waals surface area contributed by atoms with Gasteiger partial charge >= 0.3 is 0 Å². The van der Waals surface area contributed by atoms with Crippen LogP contribution in [0.25, 0.3) is 0 Å². The Morgan fingerprint density at radius 1 is 0.947 bits per heavy atom. The van der Waals surface area contributed by atoms with Crippen molar-refractivity contribution in [1.29, 1.82) is 0 Å². The van der Waals surface area contributed by atoms with Gasteiger partial charge in [0, 0.05) is 12.1 Å². The first-order chi connectivity index (χ1) is 9.29. The second-order valence-corrected chi connectivity index (χ2v) is 6.31. The van der Waals surface area contributed by atoms with Gasteiger partial charge < -0.3 is 10.6 Å². The van der Waals surface area contributed by atoms with Crippen molar-refractivity contribution in [2.75, 3.05) is 0 Å². The zero-order chi connectivity index (χ0) is 13.5. The van der Waals surface area contributed by atoms with Crippen molar-refractivity contribution in [3.63, 3.8) is 0 Å². The lowest BCUT2D eigenvalue weighted by Crippen LogP contribution is -2.51. The van der Waals surface area contributed by atoms with E-state index in [0.717, 1.165) is 6.42 Å². The van der Waals surface area contributed by atoms with Crippen molar-refractivity contribution in [3.8, 4) is 0 Å². The summed E-state index contributed by atoms with van der Waals surface area (Å²) in [6, 6.07) is 1.02. The van der Waals surface area contributed by atoms with Gasteiger partial charge in [0.25, 0.3) is 0 Å². The molecule has 0 spiro atoms. The Kier molecular flexibility index (Phi) is 6.15. The summed E-state index contributed by atoms with van der Waals surface area (Å²) in [4.78, 5) is 12.3. The summed E-state index contributed by atoms with van der Waals surface area (Å²) in [5, 5.41) is 6.84. The van der Waals surface area contributed by atoms with Gasteiger partial charge in [-0.2, -0.15) is 0 Å². The summed E-state index contributed by atoms with van der Waals surface area (Å²) in [5.41, 5.74) is 0. The van der Waals surface area contributed by atoms with Crippen LogP contribution in [-0.4, -0.2) is 24.0 Å². The van der Waals surface area contributed by atoms with Crippen molar-refractivity contribution in [2.24, 2.45) is 0 Å². The fourth-order valence-corrected chi connectivity index (χ4v) is 3.48. The van der Waals surface area contributed by atoms with E-state index in [1.165, 1.54) is 64.2 Å². The predicted octanol–water partition coefficient (Wildman–Crippen LogP) is 3.14. The molecule has 2 aliphatic rings. The first-order valence-electron chi connectivity index (χ1n) is 8.36. The van der Waals surface area contributed by atoms with Crippen molar-refractivity contribution in [3.05, 3.63) is 0 Å². The van der Waals surface area contributed by atoms with Crippen LogP contribution in [0.5, 0.6) is 0 Å². The third-order valence-electron chi connectivity index (χ3n) is 4.72. The van der Waals surface area contributed by atoms with Crippen LogP contribution in [0.2, 0.25) is 0 Å². The number of carbonyl (C=O) groups is 1. The van der Waals surface area contributed by atoms with Gasteiger partial charge in [0.2, 0.25) is 5.91 Å². The van der Waals surface area contributed by atoms with Gasteiger partial charge in [-0.05, 0) is 32.1 Å². The zero-order valence-electron chi connectivity index (χ0n) is 12.4. The summed E-state index contributed by atoms with van der Waals surface area (Å²) in [5.74, 6) is 0.236. The molecular weight excluding hydrogens is 236 g/mol. The largest absolute Gasteiger partial charge is 0.352 e. The van der Waals surface area contributed by atoms with Gasteiger partial charge in [0.1, 0.15) is 0 Å². The molecule has 3 heteroatoms. The topological polar surface area (TPSA) is 41.1 Å². The van der Waals surface area contributed by atoms with E-state index in [-0.39, 0.29) is 11.9 Å². The monoisotopic (exact) mass is 266 g/mol. The molecule has 19 heavy (non-hydrogen) atoms. The van der Waals surface area contributed by atoms with Crippen molar-refractivity contribution in [1.82, 2.24) is 10.6 Å². The molecule has 2 saturated carbocycles. The van der Waals surface area contributed by atoms with Crippen LogP contribution in [0, 0.1) is 0 Å². The summed E-state index contributed by atoms with van der Waals surface area (Å²) >= 11 is 0. The van der Waals surface area contributed by atoms with Crippen molar-refractivity contribution in [2.45, 2.75) is 95.7 Å². The fourth-order valence-electron chi connectivity index (χ4n) is 3.48. The zero-order valence-corrected chi connectivity index (χ0v) is 12.4. The van der Waals surface area contributed by atoms with Crippen LogP contribution in [0.4, 0.5) is 0 Å². The predicted molar refractivity (Wildman–Crippen MR) is 79.1 cm³/mol. The molecule has 0 unspecified atom stereocenters. The van der Waals surface area contributed by atoms with E-state index in [9.17, 15) is 4.79 Å². The molecule has 110 valence electrons. The Morgan fingerprint density at radius 2 is 1.47 bits per heavy atom. The van der Waals surface area contributed by atoms with Crippen LogP contribution in [0.1, 0.15) is 77.6 Å². The van der Waals surface area contributed by atoms with E-state index in [2.05, 4.69) is 17.6 Å². The molecule has 0 heterocycles. The smallest absolute Gasteiger partial charge is 0.237 e. The van der Waals surface area contributed by atoms with Crippen LogP contribution in [-0.2, 0) is 4.79 Å². The van der Waals surface area contributed by atoms with E-state index in [1.807, 2.05) is 0 Å². The molecule has 0 aromatic carbocycles. The highest BCUT2D eigenvalue weighted by Gasteiger charge is 2.24. The van der Waals surface area contributed by atoms with Gasteiger partial charge in [-0.1, -0.05) is 45.4 Å². The summed E-state index contributed by atoms with van der Waals surface area (Å²) in [6.45, 7) is 2.11. The number of hydrogen-bond acceptors (Lipinski definition) is 2. The average Bonchev–Trinajstić information content (AvgIpc) is 2.47. The first-order valence-corrected chi connectivity index (χ1v) is 8.36. The minimum Gasteiger partial charge on any atom is -0.352 e. The molecule has 0 radical (unpaired) electrons. The van der Waals surface area contributed by atoms with Crippen molar-refractivity contribution < 1.29 is 4.79 Å². The quantitative estimate of drug-likeness (QED) is 0.802. The van der Waals surface area contributed by atoms with Gasteiger partial charge in [-0.3, -0.25) is 4.79 Å². The van der Waals surface area contributed by atoms with Crippen LogP contribution in [0.15, 0.2) is 0 Å². The Labute approximate surface area is 117 Å². The molecule has 0 aromatic heterocycles. The normalized spacial score (nSPS) is 24.1. The molecule has 0 bridgehead atoms. The molecule has 2 rings (SSSR count). The SMILES string of the molecule is CC[C@@H](NC1CCCCC1)C(=O)NC1CCCCC1. The maximum atomic E-state index is 12.3. The maximum Gasteiger partial charge on any atom is 0.237 e. The standard InChI is InChI=1S/C16H30N2O/c1-2-15(17-13-9-5-3-6-10-13)16(19)18-14-11-7-4-8-12-14/h13-15,17H,2-12H2,1H3,(H,18,19)/t15-/m1/s1. The fraction of sp³-hybridized carbons (Fsp3) is 0.938. The summed E-state index contributed by atoms with van der Waals surface area (Å²) in [7, 11) is 0. The number of carbonyl (C=O) groups excluding carboxylic acids is 1. The van der Waals surface area contributed by atoms with Gasteiger partial charge in [0.05, 0.1) is 6.04 Å². The molecule has 1 atom stereocenters. The third kappa shape index (κ3) is 4.79. The van der Waals surface area contributed by atoms with Gasteiger partial charge in [-0.15, -0.1) is 0 Å². The molecule has 0 aliphatic heterocycles. The maximum absolute atomic E-state index is 12.3. The summed E-state index contributed by atoms with van der Waals surface area (Å²) in [6.07, 6.45) is 13.6. The van der Waals surface area contributed by atoms with Crippen molar-refractivity contribution >= 4 is 5.91 Å². The van der Waals surface area contributed by atoms with Crippen LogP contribution >= 0.6 is 0 Å². The number of nitrogens with one attached hydrogen (secondary N) is 2.